The predicted octanol–water partition coefficient (Wildman–Crippen LogP) is 14.3. The van der Waals surface area contributed by atoms with Gasteiger partial charge in [0.05, 0.1) is 0 Å². The van der Waals surface area contributed by atoms with Gasteiger partial charge in [-0.3, -0.25) is 14.4 Å². The van der Waals surface area contributed by atoms with Gasteiger partial charge in [-0.2, -0.15) is 0 Å². The molecular weight excluding hydrogens is 648 g/mol. The highest BCUT2D eigenvalue weighted by molar-refractivity contribution is 5.71. The van der Waals surface area contributed by atoms with Crippen molar-refractivity contribution in [1.82, 2.24) is 0 Å². The molecule has 6 heteroatoms. The maximum absolute atomic E-state index is 12.7. The molecule has 0 N–H and O–H groups in total. The first kappa shape index (κ1) is 50.4. The van der Waals surface area contributed by atoms with Gasteiger partial charge < -0.3 is 14.2 Å². The zero-order valence-electron chi connectivity index (χ0n) is 35.3. The van der Waals surface area contributed by atoms with Crippen LogP contribution in [-0.4, -0.2) is 37.2 Å². The van der Waals surface area contributed by atoms with Gasteiger partial charge in [0.1, 0.15) is 13.2 Å². The summed E-state index contributed by atoms with van der Waals surface area (Å²) in [5, 5.41) is 0. The van der Waals surface area contributed by atoms with Crippen LogP contribution in [-0.2, 0) is 28.6 Å². The molecule has 1 atom stereocenters. The van der Waals surface area contributed by atoms with Crippen molar-refractivity contribution < 1.29 is 28.6 Å². The lowest BCUT2D eigenvalue weighted by atomic mass is 10.0. The number of carbonyl (C=O) groups is 3. The minimum atomic E-state index is -0.758. The van der Waals surface area contributed by atoms with E-state index in [4.69, 9.17) is 14.2 Å². The number of rotatable bonds is 41. The van der Waals surface area contributed by atoms with Gasteiger partial charge >= 0.3 is 17.9 Å². The summed E-state index contributed by atoms with van der Waals surface area (Å²) >= 11 is 0. The Balaban J connectivity index is 4.16. The molecule has 0 aliphatic carbocycles. The molecule has 0 aromatic heterocycles. The van der Waals surface area contributed by atoms with E-state index in [9.17, 15) is 14.4 Å². The van der Waals surface area contributed by atoms with Crippen molar-refractivity contribution in [2.45, 2.75) is 259 Å². The number of hydrogen-bond donors (Lipinski definition) is 0. The molecule has 0 bridgehead atoms. The van der Waals surface area contributed by atoms with E-state index in [0.717, 1.165) is 70.1 Å². The molecule has 0 fully saturated rings. The van der Waals surface area contributed by atoms with Crippen LogP contribution >= 0.6 is 0 Å². The largest absolute Gasteiger partial charge is 0.462 e. The molecule has 0 radical (unpaired) electrons. The number of ether oxygens (including phenoxy) is 3. The molecule has 0 aromatic carbocycles. The van der Waals surface area contributed by atoms with Crippen LogP contribution in [0.25, 0.3) is 0 Å². The maximum Gasteiger partial charge on any atom is 0.306 e. The van der Waals surface area contributed by atoms with E-state index < -0.39 is 6.10 Å². The second-order valence-electron chi connectivity index (χ2n) is 16.2. The molecule has 0 heterocycles. The Hall–Kier alpha value is -1.59. The summed E-state index contributed by atoms with van der Waals surface area (Å²) in [7, 11) is 0. The summed E-state index contributed by atoms with van der Waals surface area (Å²) in [6, 6.07) is 0. The third-order valence-electron chi connectivity index (χ3n) is 10.3. The molecule has 6 nitrogen and oxygen atoms in total. The molecule has 0 aliphatic heterocycles. The number of hydrogen-bond acceptors (Lipinski definition) is 6. The predicted molar refractivity (Wildman–Crippen MR) is 220 cm³/mol. The third-order valence-corrected chi connectivity index (χ3v) is 10.3. The topological polar surface area (TPSA) is 78.9 Å². The van der Waals surface area contributed by atoms with Crippen molar-refractivity contribution in [3.8, 4) is 0 Å². The first-order chi connectivity index (χ1) is 25.4. The first-order valence-electron chi connectivity index (χ1n) is 22.9. The van der Waals surface area contributed by atoms with Crippen molar-refractivity contribution in [3.63, 3.8) is 0 Å². The van der Waals surface area contributed by atoms with E-state index >= 15 is 0 Å². The molecule has 0 saturated heterocycles. The van der Waals surface area contributed by atoms with Crippen LogP contribution in [0.4, 0.5) is 0 Å². The minimum absolute atomic E-state index is 0.0653. The second kappa shape index (κ2) is 40.6. The fourth-order valence-corrected chi connectivity index (χ4v) is 6.80. The third kappa shape index (κ3) is 39.6. The minimum Gasteiger partial charge on any atom is -0.462 e. The lowest BCUT2D eigenvalue weighted by Crippen LogP contribution is -2.30. The Morgan fingerprint density at radius 1 is 0.365 bits per heavy atom. The second-order valence-corrected chi connectivity index (χ2v) is 16.2. The highest BCUT2D eigenvalue weighted by atomic mass is 16.6. The van der Waals surface area contributed by atoms with Crippen molar-refractivity contribution in [3.05, 3.63) is 0 Å². The zero-order chi connectivity index (χ0) is 38.2. The molecule has 0 unspecified atom stereocenters. The Bertz CT molecular complexity index is 781. The van der Waals surface area contributed by atoms with Gasteiger partial charge in [0.2, 0.25) is 0 Å². The first-order valence-corrected chi connectivity index (χ1v) is 22.9. The van der Waals surface area contributed by atoms with Crippen molar-refractivity contribution >= 4 is 17.9 Å². The molecule has 0 saturated carbocycles. The van der Waals surface area contributed by atoms with Gasteiger partial charge in [-0.15, -0.1) is 0 Å². The number of unbranched alkanes of at least 4 members (excludes halogenated alkanes) is 28. The standard InChI is InChI=1S/C46H88O6/c1-5-7-9-11-12-13-14-15-16-17-18-19-20-23-27-31-35-39-46(49)52-43(40-50-44(47)37-33-28-10-8-6-2)41-51-45(48)38-34-30-26-24-21-22-25-29-32-36-42(3)4/h42-43H,5-41H2,1-4H3/t43-/m1/s1. The SMILES string of the molecule is CCCCCCCCCCCCCCCCCCCC(=O)O[C@H](COC(=O)CCCCCCC)COC(=O)CCCCCCCCCCCC(C)C. The van der Waals surface area contributed by atoms with Gasteiger partial charge in [-0.1, -0.05) is 214 Å². The van der Waals surface area contributed by atoms with Gasteiger partial charge in [-0.05, 0) is 25.2 Å². The van der Waals surface area contributed by atoms with Gasteiger partial charge in [0, 0.05) is 19.3 Å². The van der Waals surface area contributed by atoms with Crippen LogP contribution in [0.5, 0.6) is 0 Å². The average molecular weight is 737 g/mol. The van der Waals surface area contributed by atoms with Crippen LogP contribution in [0.15, 0.2) is 0 Å². The van der Waals surface area contributed by atoms with E-state index in [2.05, 4.69) is 27.7 Å². The fraction of sp³-hybridized carbons (Fsp3) is 0.935. The van der Waals surface area contributed by atoms with Gasteiger partial charge in [0.25, 0.3) is 0 Å². The monoisotopic (exact) mass is 737 g/mol. The highest BCUT2D eigenvalue weighted by Gasteiger charge is 2.19. The molecule has 0 spiro atoms. The lowest BCUT2D eigenvalue weighted by Gasteiger charge is -2.18. The summed E-state index contributed by atoms with van der Waals surface area (Å²) in [6.45, 7) is 8.90. The van der Waals surface area contributed by atoms with E-state index in [1.165, 1.54) is 141 Å². The number of carbonyl (C=O) groups excluding carboxylic acids is 3. The zero-order valence-corrected chi connectivity index (χ0v) is 35.3. The van der Waals surface area contributed by atoms with Crippen molar-refractivity contribution in [2.75, 3.05) is 13.2 Å². The van der Waals surface area contributed by atoms with Gasteiger partial charge in [-0.25, -0.2) is 0 Å². The van der Waals surface area contributed by atoms with Crippen LogP contribution in [0.1, 0.15) is 252 Å². The molecule has 308 valence electrons. The van der Waals surface area contributed by atoms with Crippen LogP contribution < -0.4 is 0 Å². The smallest absolute Gasteiger partial charge is 0.306 e. The summed E-state index contributed by atoms with van der Waals surface area (Å²) in [5.41, 5.74) is 0. The normalized spacial score (nSPS) is 11.9. The van der Waals surface area contributed by atoms with E-state index in [1.54, 1.807) is 0 Å². The van der Waals surface area contributed by atoms with Crippen molar-refractivity contribution in [2.24, 2.45) is 5.92 Å². The fourth-order valence-electron chi connectivity index (χ4n) is 6.80. The summed E-state index contributed by atoms with van der Waals surface area (Å²) in [5.74, 6) is -0.0601. The maximum atomic E-state index is 12.7. The Morgan fingerprint density at radius 3 is 0.942 bits per heavy atom. The molecular formula is C46H88O6. The van der Waals surface area contributed by atoms with Crippen molar-refractivity contribution in [1.29, 1.82) is 0 Å². The van der Waals surface area contributed by atoms with Gasteiger partial charge in [0.15, 0.2) is 6.10 Å². The summed E-state index contributed by atoms with van der Waals surface area (Å²) in [4.78, 5) is 37.4. The van der Waals surface area contributed by atoms with E-state index in [1.807, 2.05) is 0 Å². The highest BCUT2D eigenvalue weighted by Crippen LogP contribution is 2.16. The van der Waals surface area contributed by atoms with E-state index in [-0.39, 0.29) is 31.1 Å². The van der Waals surface area contributed by atoms with Crippen LogP contribution in [0.2, 0.25) is 0 Å². The molecule has 0 aliphatic rings. The van der Waals surface area contributed by atoms with Crippen LogP contribution in [0, 0.1) is 5.92 Å². The Kier molecular flexibility index (Phi) is 39.4. The summed E-state index contributed by atoms with van der Waals surface area (Å²) < 4.78 is 16.6. The molecule has 52 heavy (non-hydrogen) atoms. The number of esters is 3. The quantitative estimate of drug-likeness (QED) is 0.0353. The van der Waals surface area contributed by atoms with Crippen LogP contribution in [0.3, 0.4) is 0 Å². The Labute approximate surface area is 323 Å². The summed E-state index contributed by atoms with van der Waals surface area (Å²) in [6.07, 6.45) is 39.8. The molecule has 0 amide bonds. The Morgan fingerprint density at radius 2 is 0.635 bits per heavy atom. The van der Waals surface area contributed by atoms with E-state index in [0.29, 0.717) is 19.3 Å². The average Bonchev–Trinajstić information content (AvgIpc) is 3.12. The molecule has 0 aromatic rings. The molecule has 0 rings (SSSR count). The lowest BCUT2D eigenvalue weighted by molar-refractivity contribution is -0.167.